The molecule has 0 saturated heterocycles. The smallest absolute Gasteiger partial charge is 0.263 e. The van der Waals surface area contributed by atoms with Gasteiger partial charge in [0.25, 0.3) is 15.5 Å². The molecule has 1 rings (SSSR count). The summed E-state index contributed by atoms with van der Waals surface area (Å²) in [5.74, 6) is -0.372. The van der Waals surface area contributed by atoms with E-state index < -0.39 is 25.9 Å². The normalized spacial score (nSPS) is 12.1. The van der Waals surface area contributed by atoms with Gasteiger partial charge in [-0.3, -0.25) is 4.98 Å². The average Bonchev–Trinajstić information content (AvgIpc) is 2.15. The van der Waals surface area contributed by atoms with Crippen LogP contribution < -0.4 is 0 Å². The van der Waals surface area contributed by atoms with Crippen LogP contribution >= 0.6 is 22.3 Å². The van der Waals surface area contributed by atoms with Crippen LogP contribution in [-0.2, 0) is 14.9 Å². The molecule has 0 aliphatic rings. The van der Waals surface area contributed by atoms with Crippen LogP contribution in [0.1, 0.15) is 17.6 Å². The van der Waals surface area contributed by atoms with Crippen LogP contribution in [0, 0.1) is 0 Å². The van der Waals surface area contributed by atoms with Gasteiger partial charge < -0.3 is 0 Å². The second-order valence-corrected chi connectivity index (χ2v) is 5.38. The molecule has 0 aromatic carbocycles. The van der Waals surface area contributed by atoms with Crippen molar-refractivity contribution in [3.8, 4) is 0 Å². The molecule has 1 heterocycles. The lowest BCUT2D eigenvalue weighted by molar-refractivity contribution is 0.149. The van der Waals surface area contributed by atoms with Gasteiger partial charge in [-0.2, -0.15) is 0 Å². The summed E-state index contributed by atoms with van der Waals surface area (Å²) in [5.41, 5.74) is -0.733. The predicted molar refractivity (Wildman–Crippen MR) is 51.8 cm³/mol. The van der Waals surface area contributed by atoms with Gasteiger partial charge in [0.15, 0.2) is 0 Å². The van der Waals surface area contributed by atoms with Crippen molar-refractivity contribution in [1.82, 2.24) is 4.98 Å². The topological polar surface area (TPSA) is 47.0 Å². The maximum atomic E-state index is 12.4. The maximum absolute atomic E-state index is 12.4. The first kappa shape index (κ1) is 12.6. The summed E-state index contributed by atoms with van der Waals surface area (Å²) in [6, 6.07) is 0. The molecular weight excluding hydrogens is 271 g/mol. The van der Waals surface area contributed by atoms with Gasteiger partial charge in [0.2, 0.25) is 0 Å². The molecule has 0 fully saturated rings. The maximum Gasteiger partial charge on any atom is 0.265 e. The molecule has 0 bridgehead atoms. The summed E-state index contributed by atoms with van der Waals surface area (Å²) in [6.07, 6.45) is -1.08. The lowest BCUT2D eigenvalue weighted by Crippen LogP contribution is -2.03. The highest BCUT2D eigenvalue weighted by atomic mass is 35.7. The Morgan fingerprint density at radius 3 is 2.40 bits per heavy atom. The van der Waals surface area contributed by atoms with Crippen molar-refractivity contribution < 1.29 is 17.2 Å². The number of hydrogen-bond donors (Lipinski definition) is 0. The summed E-state index contributed by atoms with van der Waals surface area (Å²) in [7, 11) is 0.938. The van der Waals surface area contributed by atoms with Crippen molar-refractivity contribution in [1.29, 1.82) is 0 Å². The Labute approximate surface area is 94.4 Å². The van der Waals surface area contributed by atoms with Crippen molar-refractivity contribution in [3.63, 3.8) is 0 Å². The fourth-order valence-electron chi connectivity index (χ4n) is 1.02. The van der Waals surface area contributed by atoms with Crippen LogP contribution in [0.25, 0.3) is 0 Å². The van der Waals surface area contributed by atoms with Crippen LogP contribution in [0.4, 0.5) is 8.78 Å². The SMILES string of the molecule is O=S(=O)(Cl)c1cncc(C(F)F)c1CCl. The van der Waals surface area contributed by atoms with Gasteiger partial charge in [-0.15, -0.1) is 11.6 Å². The first-order valence-electron chi connectivity index (χ1n) is 3.63. The second-order valence-electron chi connectivity index (χ2n) is 2.58. The summed E-state index contributed by atoms with van der Waals surface area (Å²) < 4.78 is 46.9. The van der Waals surface area contributed by atoms with E-state index in [2.05, 4.69) is 4.98 Å². The van der Waals surface area contributed by atoms with Gasteiger partial charge in [-0.05, 0) is 5.56 Å². The van der Waals surface area contributed by atoms with Crippen LogP contribution in [0.15, 0.2) is 17.3 Å². The molecule has 0 atom stereocenters. The number of pyridine rings is 1. The molecule has 0 aliphatic heterocycles. The standard InChI is InChI=1S/C7H5Cl2F2NO2S/c8-1-4-5(7(10)11)2-12-3-6(4)15(9,13)14/h2-3,7H,1H2. The monoisotopic (exact) mass is 275 g/mol. The fourth-order valence-corrected chi connectivity index (χ4v) is 2.47. The summed E-state index contributed by atoms with van der Waals surface area (Å²) >= 11 is 5.40. The molecular formula is C7H5Cl2F2NO2S. The second kappa shape index (κ2) is 4.59. The number of aromatic nitrogens is 1. The predicted octanol–water partition coefficient (Wildman–Crippen LogP) is 2.69. The zero-order chi connectivity index (χ0) is 11.6. The number of hydrogen-bond acceptors (Lipinski definition) is 3. The van der Waals surface area contributed by atoms with E-state index in [1.165, 1.54) is 0 Å². The minimum absolute atomic E-state index is 0.211. The van der Waals surface area contributed by atoms with Crippen LogP contribution in [-0.4, -0.2) is 13.4 Å². The zero-order valence-electron chi connectivity index (χ0n) is 7.12. The molecule has 0 saturated carbocycles. The minimum Gasteiger partial charge on any atom is -0.263 e. The van der Waals surface area contributed by atoms with Gasteiger partial charge in [-0.25, -0.2) is 17.2 Å². The Hall–Kier alpha value is -0.460. The number of alkyl halides is 3. The van der Waals surface area contributed by atoms with E-state index >= 15 is 0 Å². The van der Waals surface area contributed by atoms with Crippen LogP contribution in [0.3, 0.4) is 0 Å². The van der Waals surface area contributed by atoms with Crippen molar-refractivity contribution >= 4 is 31.3 Å². The largest absolute Gasteiger partial charge is 0.265 e. The Morgan fingerprint density at radius 2 is 2.00 bits per heavy atom. The van der Waals surface area contributed by atoms with Gasteiger partial charge >= 0.3 is 0 Å². The Bertz CT molecular complexity index is 464. The van der Waals surface area contributed by atoms with E-state index in [4.69, 9.17) is 22.3 Å². The molecule has 0 spiro atoms. The van der Waals surface area contributed by atoms with E-state index in [-0.39, 0.29) is 11.4 Å². The highest BCUT2D eigenvalue weighted by Crippen LogP contribution is 2.29. The Balaban J connectivity index is 3.49. The number of rotatable bonds is 3. The highest BCUT2D eigenvalue weighted by Gasteiger charge is 2.22. The molecule has 0 radical (unpaired) electrons. The molecule has 1 aromatic rings. The number of halogens is 4. The van der Waals surface area contributed by atoms with Crippen molar-refractivity contribution in [2.24, 2.45) is 0 Å². The zero-order valence-corrected chi connectivity index (χ0v) is 9.45. The van der Waals surface area contributed by atoms with E-state index in [0.717, 1.165) is 12.4 Å². The molecule has 0 N–H and O–H groups in total. The lowest BCUT2D eigenvalue weighted by atomic mass is 10.2. The van der Waals surface area contributed by atoms with Crippen molar-refractivity contribution in [2.75, 3.05) is 0 Å². The first-order chi connectivity index (χ1) is 6.88. The van der Waals surface area contributed by atoms with Crippen molar-refractivity contribution in [3.05, 3.63) is 23.5 Å². The molecule has 1 aromatic heterocycles. The van der Waals surface area contributed by atoms with Crippen molar-refractivity contribution in [2.45, 2.75) is 17.2 Å². The van der Waals surface area contributed by atoms with E-state index in [1.807, 2.05) is 0 Å². The first-order valence-corrected chi connectivity index (χ1v) is 6.48. The van der Waals surface area contributed by atoms with E-state index in [9.17, 15) is 17.2 Å². The third-order valence-electron chi connectivity index (χ3n) is 1.68. The quantitative estimate of drug-likeness (QED) is 0.630. The number of nitrogens with zero attached hydrogens (tertiary/aromatic N) is 1. The third-order valence-corrected chi connectivity index (χ3v) is 3.33. The molecule has 0 unspecified atom stereocenters. The molecule has 3 nitrogen and oxygen atoms in total. The molecule has 84 valence electrons. The van der Waals surface area contributed by atoms with Gasteiger partial charge in [0.05, 0.1) is 0 Å². The minimum atomic E-state index is -4.11. The fraction of sp³-hybridized carbons (Fsp3) is 0.286. The Kier molecular flexibility index (Phi) is 3.86. The lowest BCUT2D eigenvalue weighted by Gasteiger charge is -2.08. The van der Waals surface area contributed by atoms with Gasteiger partial charge in [0.1, 0.15) is 4.90 Å². The van der Waals surface area contributed by atoms with Crippen LogP contribution in [0.2, 0.25) is 0 Å². The Morgan fingerprint density at radius 1 is 1.40 bits per heavy atom. The third kappa shape index (κ3) is 2.76. The van der Waals surface area contributed by atoms with Gasteiger partial charge in [0, 0.05) is 34.5 Å². The molecule has 15 heavy (non-hydrogen) atoms. The molecule has 0 aliphatic carbocycles. The summed E-state index contributed by atoms with van der Waals surface area (Å²) in [6.45, 7) is 0. The van der Waals surface area contributed by atoms with E-state index in [1.54, 1.807) is 0 Å². The van der Waals surface area contributed by atoms with Crippen LogP contribution in [0.5, 0.6) is 0 Å². The van der Waals surface area contributed by atoms with E-state index in [0.29, 0.717) is 0 Å². The van der Waals surface area contributed by atoms with Gasteiger partial charge in [-0.1, -0.05) is 0 Å². The summed E-state index contributed by atoms with van der Waals surface area (Å²) in [4.78, 5) is 2.90. The molecule has 8 heteroatoms. The summed E-state index contributed by atoms with van der Waals surface area (Å²) in [5, 5.41) is 0. The highest BCUT2D eigenvalue weighted by molar-refractivity contribution is 8.13. The molecule has 0 amide bonds. The average molecular weight is 276 g/mol.